The van der Waals surface area contributed by atoms with Gasteiger partial charge in [0, 0.05) is 46.0 Å². The summed E-state index contributed by atoms with van der Waals surface area (Å²) in [6.45, 7) is 0.0280. The van der Waals surface area contributed by atoms with Gasteiger partial charge in [-0.25, -0.2) is 9.37 Å². The van der Waals surface area contributed by atoms with Gasteiger partial charge in [0.15, 0.2) is 0 Å². The first-order chi connectivity index (χ1) is 13.1. The Bertz CT molecular complexity index is 1100. The summed E-state index contributed by atoms with van der Waals surface area (Å²) in [4.78, 5) is 19.8. The third-order valence-electron chi connectivity index (χ3n) is 4.40. The van der Waals surface area contributed by atoms with E-state index in [1.165, 1.54) is 12.1 Å². The van der Waals surface area contributed by atoms with Crippen LogP contribution in [0.4, 0.5) is 4.39 Å². The van der Waals surface area contributed by atoms with Crippen molar-refractivity contribution in [3.05, 3.63) is 89.0 Å². The molecule has 2 aromatic heterocycles. The Morgan fingerprint density at radius 1 is 1.11 bits per heavy atom. The van der Waals surface area contributed by atoms with Gasteiger partial charge in [-0.15, -0.1) is 0 Å². The maximum atomic E-state index is 13.8. The highest BCUT2D eigenvalue weighted by molar-refractivity contribution is 6.31. The van der Waals surface area contributed by atoms with Crippen LogP contribution in [0.15, 0.2) is 67.0 Å². The second-order valence-corrected chi connectivity index (χ2v) is 6.47. The lowest BCUT2D eigenvalue weighted by atomic mass is 10.0. The molecule has 4 nitrogen and oxygen atoms in total. The van der Waals surface area contributed by atoms with Crippen LogP contribution in [0.2, 0.25) is 5.02 Å². The zero-order valence-electron chi connectivity index (χ0n) is 14.2. The minimum atomic E-state index is -0.439. The molecule has 2 aromatic carbocycles. The van der Waals surface area contributed by atoms with Crippen LogP contribution >= 0.6 is 11.6 Å². The fourth-order valence-electron chi connectivity index (χ4n) is 2.97. The van der Waals surface area contributed by atoms with Crippen LogP contribution in [0, 0.1) is 5.82 Å². The van der Waals surface area contributed by atoms with Gasteiger partial charge in [0.2, 0.25) is 0 Å². The molecule has 0 unspecified atom stereocenters. The highest BCUT2D eigenvalue weighted by atomic mass is 35.5. The quantitative estimate of drug-likeness (QED) is 0.527. The predicted octanol–water partition coefficient (Wildman–Crippen LogP) is 4.95. The molecule has 0 saturated carbocycles. The van der Waals surface area contributed by atoms with Gasteiger partial charge in [-0.3, -0.25) is 4.79 Å². The molecule has 0 fully saturated rings. The summed E-state index contributed by atoms with van der Waals surface area (Å²) in [6, 6.07) is 15.5. The molecule has 0 atom stereocenters. The molecule has 4 rings (SSSR count). The van der Waals surface area contributed by atoms with E-state index < -0.39 is 5.82 Å². The van der Waals surface area contributed by atoms with Gasteiger partial charge in [0.05, 0.1) is 0 Å². The van der Waals surface area contributed by atoms with Gasteiger partial charge >= 0.3 is 0 Å². The van der Waals surface area contributed by atoms with Crippen LogP contribution in [0.5, 0.6) is 0 Å². The molecule has 0 aliphatic carbocycles. The summed E-state index contributed by atoms with van der Waals surface area (Å²) in [6.07, 6.45) is 3.63. The van der Waals surface area contributed by atoms with Crippen molar-refractivity contribution in [2.45, 2.75) is 6.54 Å². The standard InChI is InChI=1S/C21H15ClFN3O/c22-18-4-1-5-19(23)17(18)12-26-21(27)14-8-6-13(7-9-14)16-11-25-20-15(16)3-2-10-24-20/h1-11H,12H2,(H,24,25)(H,26,27). The highest BCUT2D eigenvalue weighted by Gasteiger charge is 2.11. The summed E-state index contributed by atoms with van der Waals surface area (Å²) < 4.78 is 13.8. The van der Waals surface area contributed by atoms with Crippen LogP contribution in [0.3, 0.4) is 0 Å². The largest absolute Gasteiger partial charge is 0.348 e. The van der Waals surface area contributed by atoms with Crippen molar-refractivity contribution in [1.29, 1.82) is 0 Å². The van der Waals surface area contributed by atoms with Gasteiger partial charge in [-0.05, 0) is 42.0 Å². The van der Waals surface area contributed by atoms with E-state index in [2.05, 4.69) is 15.3 Å². The minimum Gasteiger partial charge on any atom is -0.348 e. The van der Waals surface area contributed by atoms with Crippen molar-refractivity contribution in [1.82, 2.24) is 15.3 Å². The first kappa shape index (κ1) is 17.2. The predicted molar refractivity (Wildman–Crippen MR) is 104 cm³/mol. The summed E-state index contributed by atoms with van der Waals surface area (Å²) in [5.41, 5.74) is 3.57. The van der Waals surface area contributed by atoms with E-state index in [1.54, 1.807) is 24.4 Å². The third-order valence-corrected chi connectivity index (χ3v) is 4.75. The Balaban J connectivity index is 1.51. The van der Waals surface area contributed by atoms with Crippen molar-refractivity contribution in [3.63, 3.8) is 0 Å². The van der Waals surface area contributed by atoms with Gasteiger partial charge in [0.25, 0.3) is 5.91 Å². The number of nitrogens with zero attached hydrogens (tertiary/aromatic N) is 1. The molecular weight excluding hydrogens is 365 g/mol. The number of benzene rings is 2. The molecule has 6 heteroatoms. The number of hydrogen-bond donors (Lipinski definition) is 2. The topological polar surface area (TPSA) is 57.8 Å². The summed E-state index contributed by atoms with van der Waals surface area (Å²) in [5, 5.41) is 4.01. The van der Waals surface area contributed by atoms with E-state index in [9.17, 15) is 9.18 Å². The number of carbonyl (C=O) groups is 1. The number of H-pyrrole nitrogens is 1. The van der Waals surface area contributed by atoms with Crippen molar-refractivity contribution >= 4 is 28.5 Å². The maximum absolute atomic E-state index is 13.8. The molecule has 27 heavy (non-hydrogen) atoms. The summed E-state index contributed by atoms with van der Waals surface area (Å²) in [5.74, 6) is -0.729. The Morgan fingerprint density at radius 3 is 2.70 bits per heavy atom. The van der Waals surface area contributed by atoms with Crippen LogP contribution in [0.25, 0.3) is 22.2 Å². The van der Waals surface area contributed by atoms with Gasteiger partial charge < -0.3 is 10.3 Å². The lowest BCUT2D eigenvalue weighted by Gasteiger charge is -2.08. The number of nitrogens with one attached hydrogen (secondary N) is 2. The first-order valence-corrected chi connectivity index (χ1v) is 8.75. The van der Waals surface area contributed by atoms with E-state index in [0.717, 1.165) is 22.2 Å². The Labute approximate surface area is 160 Å². The SMILES string of the molecule is O=C(NCc1c(F)cccc1Cl)c1ccc(-c2c[nH]c3ncccc23)cc1. The molecule has 134 valence electrons. The van der Waals surface area contributed by atoms with Crippen LogP contribution < -0.4 is 5.32 Å². The van der Waals surface area contributed by atoms with Crippen LogP contribution in [-0.4, -0.2) is 15.9 Å². The zero-order valence-corrected chi connectivity index (χ0v) is 14.9. The van der Waals surface area contributed by atoms with Crippen LogP contribution in [-0.2, 0) is 6.54 Å². The molecule has 0 bridgehead atoms. The normalized spacial score (nSPS) is 10.9. The number of pyridine rings is 1. The zero-order chi connectivity index (χ0) is 18.8. The summed E-state index contributed by atoms with van der Waals surface area (Å²) >= 11 is 5.99. The van der Waals surface area contributed by atoms with Gasteiger partial charge in [0.1, 0.15) is 11.5 Å². The first-order valence-electron chi connectivity index (χ1n) is 8.37. The lowest BCUT2D eigenvalue weighted by molar-refractivity contribution is 0.0950. The van der Waals surface area contributed by atoms with Crippen molar-refractivity contribution in [2.24, 2.45) is 0 Å². The highest BCUT2D eigenvalue weighted by Crippen LogP contribution is 2.27. The molecule has 0 spiro atoms. The van der Waals surface area contributed by atoms with Gasteiger partial charge in [-0.2, -0.15) is 0 Å². The smallest absolute Gasteiger partial charge is 0.251 e. The number of aromatic amines is 1. The number of halogens is 2. The van der Waals surface area contributed by atoms with E-state index in [4.69, 9.17) is 11.6 Å². The fourth-order valence-corrected chi connectivity index (χ4v) is 3.20. The molecule has 2 N–H and O–H groups in total. The lowest BCUT2D eigenvalue weighted by Crippen LogP contribution is -2.23. The number of fused-ring (bicyclic) bond motifs is 1. The fraction of sp³-hybridized carbons (Fsp3) is 0.0476. The molecule has 0 radical (unpaired) electrons. The van der Waals surface area contributed by atoms with E-state index in [0.29, 0.717) is 10.6 Å². The third kappa shape index (κ3) is 3.41. The van der Waals surface area contributed by atoms with Crippen molar-refractivity contribution in [2.75, 3.05) is 0 Å². The number of hydrogen-bond acceptors (Lipinski definition) is 2. The minimum absolute atomic E-state index is 0.0280. The number of rotatable bonds is 4. The molecule has 1 amide bonds. The van der Waals surface area contributed by atoms with E-state index in [1.807, 2.05) is 30.5 Å². The monoisotopic (exact) mass is 379 g/mol. The van der Waals surface area contributed by atoms with E-state index in [-0.39, 0.29) is 18.0 Å². The van der Waals surface area contributed by atoms with Crippen molar-refractivity contribution < 1.29 is 9.18 Å². The molecule has 0 saturated heterocycles. The van der Waals surface area contributed by atoms with Crippen LogP contribution in [0.1, 0.15) is 15.9 Å². The number of aromatic nitrogens is 2. The molecular formula is C21H15ClFN3O. The molecule has 0 aliphatic heterocycles. The molecule has 4 aromatic rings. The number of amides is 1. The van der Waals surface area contributed by atoms with Crippen molar-refractivity contribution in [3.8, 4) is 11.1 Å². The Morgan fingerprint density at radius 2 is 1.93 bits per heavy atom. The second kappa shape index (κ2) is 7.21. The van der Waals surface area contributed by atoms with E-state index >= 15 is 0 Å². The second-order valence-electron chi connectivity index (χ2n) is 6.06. The number of carbonyl (C=O) groups excluding carboxylic acids is 1. The maximum Gasteiger partial charge on any atom is 0.251 e. The van der Waals surface area contributed by atoms with Gasteiger partial charge in [-0.1, -0.05) is 29.8 Å². The average molecular weight is 380 g/mol. The Kier molecular flexibility index (Phi) is 4.60. The summed E-state index contributed by atoms with van der Waals surface area (Å²) in [7, 11) is 0. The average Bonchev–Trinajstić information content (AvgIpc) is 3.12. The molecule has 0 aliphatic rings. The molecule has 2 heterocycles. The Hall–Kier alpha value is -3.18.